The molecular formula is C30H48O4Si2. The zero-order valence-corrected chi connectivity index (χ0v) is 26.2. The number of allylic oxidation sites excluding steroid dienone is 2. The summed E-state index contributed by atoms with van der Waals surface area (Å²) >= 11 is 0. The van der Waals surface area contributed by atoms with Crippen LogP contribution in [0.15, 0.2) is 60.0 Å². The third-order valence-corrected chi connectivity index (χ3v) is 7.70. The SMILES string of the molecule is CC[C@@H](Cc1cccc(OC)c1)/C(O[Si](C)(C)C)=C(\O[Si](C)(C)C)[C@@H](CC)Cc1cccc(OC)c1. The fourth-order valence-electron chi connectivity index (χ4n) is 4.34. The van der Waals surface area contributed by atoms with Crippen LogP contribution in [0, 0.1) is 11.8 Å². The summed E-state index contributed by atoms with van der Waals surface area (Å²) in [5.41, 5.74) is 2.51. The van der Waals surface area contributed by atoms with Gasteiger partial charge in [0.05, 0.1) is 14.2 Å². The molecule has 4 nitrogen and oxygen atoms in total. The van der Waals surface area contributed by atoms with Crippen LogP contribution in [0.1, 0.15) is 37.8 Å². The standard InChI is InChI=1S/C30H48O4Si2/c1-11-25(19-23-15-13-17-27(21-23)31-3)29(33-35(5,6)7)30(34-36(8,9)10)26(12-2)20-24-16-14-18-28(22-24)32-4/h13-18,21-22,25-26H,11-12,19-20H2,1-10H3/b30-29+/t25-,26-/m0/s1. The van der Waals surface area contributed by atoms with E-state index < -0.39 is 16.6 Å². The molecule has 0 aliphatic rings. The molecule has 0 bridgehead atoms. The largest absolute Gasteiger partial charge is 0.545 e. The van der Waals surface area contributed by atoms with E-state index in [1.54, 1.807) is 14.2 Å². The minimum Gasteiger partial charge on any atom is -0.545 e. The summed E-state index contributed by atoms with van der Waals surface area (Å²) in [7, 11) is -0.365. The first kappa shape index (κ1) is 30.0. The summed E-state index contributed by atoms with van der Waals surface area (Å²) in [6, 6.07) is 16.8. The van der Waals surface area contributed by atoms with Gasteiger partial charge in [0.25, 0.3) is 0 Å². The van der Waals surface area contributed by atoms with E-state index >= 15 is 0 Å². The predicted octanol–water partition coefficient (Wildman–Crippen LogP) is 8.46. The van der Waals surface area contributed by atoms with Crippen LogP contribution in [0.4, 0.5) is 0 Å². The van der Waals surface area contributed by atoms with Crippen LogP contribution in [0.3, 0.4) is 0 Å². The van der Waals surface area contributed by atoms with Crippen molar-refractivity contribution in [2.24, 2.45) is 11.8 Å². The van der Waals surface area contributed by atoms with Gasteiger partial charge < -0.3 is 18.3 Å². The van der Waals surface area contributed by atoms with E-state index in [0.717, 1.165) is 48.7 Å². The molecule has 0 spiro atoms. The molecule has 0 N–H and O–H groups in total. The second-order valence-electron chi connectivity index (χ2n) is 11.5. The molecule has 0 aliphatic carbocycles. The zero-order chi connectivity index (χ0) is 26.9. The van der Waals surface area contributed by atoms with Gasteiger partial charge in [0.15, 0.2) is 0 Å². The van der Waals surface area contributed by atoms with E-state index in [0.29, 0.717) is 0 Å². The van der Waals surface area contributed by atoms with Gasteiger partial charge >= 0.3 is 0 Å². The second kappa shape index (κ2) is 13.4. The Kier molecular flexibility index (Phi) is 11.2. The number of rotatable bonds is 14. The van der Waals surface area contributed by atoms with Gasteiger partial charge in [0, 0.05) is 11.8 Å². The molecule has 2 aromatic rings. The minimum atomic E-state index is -1.91. The monoisotopic (exact) mass is 528 g/mol. The quantitative estimate of drug-likeness (QED) is 0.182. The Balaban J connectivity index is 2.62. The van der Waals surface area contributed by atoms with Gasteiger partial charge in [-0.3, -0.25) is 0 Å². The molecule has 0 heterocycles. The molecule has 0 aliphatic heterocycles. The topological polar surface area (TPSA) is 36.9 Å². The average Bonchev–Trinajstić information content (AvgIpc) is 2.82. The maximum atomic E-state index is 6.95. The molecule has 0 saturated carbocycles. The third kappa shape index (κ3) is 9.70. The molecule has 200 valence electrons. The summed E-state index contributed by atoms with van der Waals surface area (Å²) in [5, 5.41) is 0. The van der Waals surface area contributed by atoms with Gasteiger partial charge in [-0.2, -0.15) is 0 Å². The molecule has 0 radical (unpaired) electrons. The van der Waals surface area contributed by atoms with Crippen molar-refractivity contribution < 1.29 is 18.3 Å². The van der Waals surface area contributed by atoms with Crippen molar-refractivity contribution in [3.63, 3.8) is 0 Å². The van der Waals surface area contributed by atoms with E-state index in [-0.39, 0.29) is 11.8 Å². The van der Waals surface area contributed by atoms with Gasteiger partial charge in [-0.1, -0.05) is 38.1 Å². The van der Waals surface area contributed by atoms with Gasteiger partial charge in [-0.05, 0) is 100 Å². The van der Waals surface area contributed by atoms with Crippen LogP contribution in [-0.2, 0) is 21.7 Å². The first-order valence-electron chi connectivity index (χ1n) is 13.3. The summed E-state index contributed by atoms with van der Waals surface area (Å²) in [4.78, 5) is 0. The zero-order valence-electron chi connectivity index (χ0n) is 24.2. The predicted molar refractivity (Wildman–Crippen MR) is 157 cm³/mol. The minimum absolute atomic E-state index is 0.231. The van der Waals surface area contributed by atoms with Crippen LogP contribution < -0.4 is 9.47 Å². The highest BCUT2D eigenvalue weighted by atomic mass is 28.4. The average molecular weight is 529 g/mol. The van der Waals surface area contributed by atoms with E-state index in [4.69, 9.17) is 18.3 Å². The van der Waals surface area contributed by atoms with E-state index in [2.05, 4.69) is 89.5 Å². The Morgan fingerprint density at radius 1 is 0.639 bits per heavy atom. The molecule has 2 atom stereocenters. The van der Waals surface area contributed by atoms with Crippen molar-refractivity contribution in [3.05, 3.63) is 71.2 Å². The Morgan fingerprint density at radius 2 is 1.00 bits per heavy atom. The van der Waals surface area contributed by atoms with Gasteiger partial charge in [-0.25, -0.2) is 0 Å². The van der Waals surface area contributed by atoms with Crippen LogP contribution in [0.25, 0.3) is 0 Å². The van der Waals surface area contributed by atoms with Gasteiger partial charge in [0.1, 0.15) is 23.0 Å². The molecule has 0 fully saturated rings. The first-order chi connectivity index (χ1) is 16.9. The molecule has 0 saturated heterocycles. The smallest absolute Gasteiger partial charge is 0.241 e. The lowest BCUT2D eigenvalue weighted by Crippen LogP contribution is -2.34. The number of hydrogen-bond donors (Lipinski definition) is 0. The Bertz CT molecular complexity index is 909. The van der Waals surface area contributed by atoms with Crippen molar-refractivity contribution in [1.29, 1.82) is 0 Å². The lowest BCUT2D eigenvalue weighted by atomic mass is 9.88. The maximum Gasteiger partial charge on any atom is 0.241 e. The van der Waals surface area contributed by atoms with Gasteiger partial charge in [-0.15, -0.1) is 0 Å². The van der Waals surface area contributed by atoms with E-state index in [1.807, 2.05) is 12.1 Å². The highest BCUT2D eigenvalue weighted by Gasteiger charge is 2.32. The normalized spacial score (nSPS) is 14.5. The van der Waals surface area contributed by atoms with Crippen LogP contribution in [-0.4, -0.2) is 30.9 Å². The summed E-state index contributed by atoms with van der Waals surface area (Å²) < 4.78 is 24.9. The fraction of sp³-hybridized carbons (Fsp3) is 0.533. The van der Waals surface area contributed by atoms with Crippen LogP contribution >= 0.6 is 0 Å². The molecule has 2 rings (SSSR count). The second-order valence-corrected chi connectivity index (χ2v) is 20.3. The number of hydrogen-bond acceptors (Lipinski definition) is 4. The lowest BCUT2D eigenvalue weighted by molar-refractivity contribution is 0.247. The Morgan fingerprint density at radius 3 is 1.28 bits per heavy atom. The van der Waals surface area contributed by atoms with E-state index in [9.17, 15) is 0 Å². The lowest BCUT2D eigenvalue weighted by Gasteiger charge is -2.35. The Hall–Kier alpha value is -2.19. The van der Waals surface area contributed by atoms with Crippen molar-refractivity contribution in [3.8, 4) is 11.5 Å². The summed E-state index contributed by atoms with van der Waals surface area (Å²) in [6.45, 7) is 18.1. The highest BCUT2D eigenvalue weighted by Crippen LogP contribution is 2.36. The molecular weight excluding hydrogens is 480 g/mol. The van der Waals surface area contributed by atoms with Crippen molar-refractivity contribution >= 4 is 16.6 Å². The van der Waals surface area contributed by atoms with Crippen molar-refractivity contribution in [2.75, 3.05) is 14.2 Å². The molecule has 0 amide bonds. The Labute approximate surface area is 222 Å². The third-order valence-electron chi connectivity index (χ3n) is 6.03. The number of benzene rings is 2. The molecule has 36 heavy (non-hydrogen) atoms. The maximum absolute atomic E-state index is 6.95. The summed E-state index contributed by atoms with van der Waals surface area (Å²) in [5.74, 6) is 4.38. The number of methoxy groups -OCH3 is 2. The van der Waals surface area contributed by atoms with Gasteiger partial charge in [0.2, 0.25) is 16.6 Å². The first-order valence-corrected chi connectivity index (χ1v) is 20.1. The highest BCUT2D eigenvalue weighted by molar-refractivity contribution is 6.70. The van der Waals surface area contributed by atoms with Crippen LogP contribution in [0.2, 0.25) is 39.3 Å². The van der Waals surface area contributed by atoms with E-state index in [1.165, 1.54) is 11.1 Å². The molecule has 0 aromatic heterocycles. The summed E-state index contributed by atoms with van der Waals surface area (Å²) in [6.07, 6.45) is 3.74. The fourth-order valence-corrected chi connectivity index (χ4v) is 6.20. The number of ether oxygens (including phenoxy) is 2. The van der Waals surface area contributed by atoms with Crippen molar-refractivity contribution in [2.45, 2.75) is 78.8 Å². The molecule has 0 unspecified atom stereocenters. The van der Waals surface area contributed by atoms with Crippen LogP contribution in [0.5, 0.6) is 11.5 Å². The van der Waals surface area contributed by atoms with Crippen molar-refractivity contribution in [1.82, 2.24) is 0 Å². The molecule has 6 heteroatoms. The molecule has 2 aromatic carbocycles.